The Labute approximate surface area is 32.0 Å². The first-order valence-electron chi connectivity index (χ1n) is 1.45. The number of hydrogen-bond donors (Lipinski definition) is 0. The summed E-state index contributed by atoms with van der Waals surface area (Å²) in [5, 5.41) is 0. The lowest BCUT2D eigenvalue weighted by Crippen LogP contribution is -1.53. The molecule has 0 atom stereocenters. The first kappa shape index (κ1) is 4.41. The molecule has 0 heterocycles. The number of nitrogens with zero attached hydrogens (tertiary/aromatic N) is 1. The molecule has 0 spiro atoms. The zero-order valence-corrected chi connectivity index (χ0v) is 3.31. The van der Waals surface area contributed by atoms with Crippen molar-refractivity contribution in [1.29, 1.82) is 0 Å². The molecule has 0 unspecified atom stereocenters. The van der Waals surface area contributed by atoms with Gasteiger partial charge in [0.2, 0.25) is 0 Å². The van der Waals surface area contributed by atoms with Gasteiger partial charge in [0.1, 0.15) is 0 Å². The van der Waals surface area contributed by atoms with Crippen LogP contribution in [0.4, 0.5) is 0 Å². The summed E-state index contributed by atoms with van der Waals surface area (Å²) in [6.45, 7) is 3.40. The molecule has 0 saturated carbocycles. The Bertz CT molecular complexity index is 45.6. The molecular weight excluding hydrogens is 62.1 g/mol. The molecule has 1 nitrogen and oxygen atoms in total. The third-order valence-electron chi connectivity index (χ3n) is 0.254. The SMILES string of the molecule is C=C/C=N/C. The van der Waals surface area contributed by atoms with E-state index in [0.29, 0.717) is 0 Å². The second-order valence-corrected chi connectivity index (χ2v) is 0.643. The van der Waals surface area contributed by atoms with Crippen molar-refractivity contribution in [3.63, 3.8) is 0 Å². The van der Waals surface area contributed by atoms with E-state index >= 15 is 0 Å². The van der Waals surface area contributed by atoms with Gasteiger partial charge in [0, 0.05) is 13.3 Å². The van der Waals surface area contributed by atoms with Crippen LogP contribution in [0.25, 0.3) is 0 Å². The second kappa shape index (κ2) is 3.41. The first-order chi connectivity index (χ1) is 2.41. The first-order valence-corrected chi connectivity index (χ1v) is 1.45. The molecular formula is C4H7N. The van der Waals surface area contributed by atoms with Crippen LogP contribution >= 0.6 is 0 Å². The van der Waals surface area contributed by atoms with Gasteiger partial charge in [-0.1, -0.05) is 12.7 Å². The predicted octanol–water partition coefficient (Wildman–Crippen LogP) is 0.873. The molecule has 0 aromatic rings. The lowest BCUT2D eigenvalue weighted by molar-refractivity contribution is 1.48. The van der Waals surface area contributed by atoms with Crippen LogP contribution in [0, 0.1) is 0 Å². The highest BCUT2D eigenvalue weighted by Crippen LogP contribution is 1.48. The van der Waals surface area contributed by atoms with E-state index in [2.05, 4.69) is 11.6 Å². The molecule has 0 aliphatic rings. The van der Waals surface area contributed by atoms with E-state index in [1.165, 1.54) is 0 Å². The third kappa shape index (κ3) is 3.41. The van der Waals surface area contributed by atoms with E-state index in [1.54, 1.807) is 19.3 Å². The van der Waals surface area contributed by atoms with Gasteiger partial charge >= 0.3 is 0 Å². The Balaban J connectivity index is 2.92. The van der Waals surface area contributed by atoms with Crippen LogP contribution in [0.15, 0.2) is 17.6 Å². The van der Waals surface area contributed by atoms with Crippen molar-refractivity contribution in [2.24, 2.45) is 4.99 Å². The van der Waals surface area contributed by atoms with Gasteiger partial charge in [-0.05, 0) is 0 Å². The number of hydrogen-bond acceptors (Lipinski definition) is 1. The lowest BCUT2D eigenvalue weighted by Gasteiger charge is -1.58. The van der Waals surface area contributed by atoms with E-state index in [0.717, 1.165) is 0 Å². The van der Waals surface area contributed by atoms with Gasteiger partial charge in [-0.25, -0.2) is 0 Å². The largest absolute Gasteiger partial charge is 0.297 e. The molecule has 0 amide bonds. The fraction of sp³-hybridized carbons (Fsp3) is 0.250. The second-order valence-electron chi connectivity index (χ2n) is 0.643. The quantitative estimate of drug-likeness (QED) is 0.405. The van der Waals surface area contributed by atoms with Gasteiger partial charge in [-0.15, -0.1) is 0 Å². The van der Waals surface area contributed by atoms with Crippen LogP contribution in [-0.2, 0) is 0 Å². The molecule has 28 valence electrons. The van der Waals surface area contributed by atoms with Crippen molar-refractivity contribution in [2.45, 2.75) is 0 Å². The molecule has 0 bridgehead atoms. The Hall–Kier alpha value is -0.590. The van der Waals surface area contributed by atoms with Gasteiger partial charge in [0.15, 0.2) is 0 Å². The molecule has 0 fully saturated rings. The maximum Gasteiger partial charge on any atom is 0.0277 e. The van der Waals surface area contributed by atoms with Crippen molar-refractivity contribution in [2.75, 3.05) is 7.05 Å². The molecule has 0 N–H and O–H groups in total. The number of rotatable bonds is 1. The molecule has 0 saturated heterocycles. The summed E-state index contributed by atoms with van der Waals surface area (Å²) in [5.74, 6) is 0. The molecule has 0 aliphatic carbocycles. The number of allylic oxidation sites excluding steroid dienone is 1. The van der Waals surface area contributed by atoms with Crippen LogP contribution in [0.3, 0.4) is 0 Å². The zero-order valence-electron chi connectivity index (χ0n) is 3.31. The summed E-state index contributed by atoms with van der Waals surface area (Å²) in [4.78, 5) is 3.61. The normalized spacial score (nSPS) is 9.00. The van der Waals surface area contributed by atoms with Crippen molar-refractivity contribution in [1.82, 2.24) is 0 Å². The molecule has 5 heavy (non-hydrogen) atoms. The average Bonchev–Trinajstić information content (AvgIpc) is 1.41. The minimum absolute atomic E-state index is 1.64. The molecule has 0 radical (unpaired) electrons. The highest BCUT2D eigenvalue weighted by molar-refractivity contribution is 5.69. The van der Waals surface area contributed by atoms with Gasteiger partial charge in [-0.3, -0.25) is 4.99 Å². The summed E-state index contributed by atoms with van der Waals surface area (Å²) in [6.07, 6.45) is 3.28. The fourth-order valence-corrected chi connectivity index (χ4v) is 0.105. The van der Waals surface area contributed by atoms with Crippen molar-refractivity contribution in [3.05, 3.63) is 12.7 Å². The molecule has 0 rings (SSSR count). The summed E-state index contributed by atoms with van der Waals surface area (Å²) in [6, 6.07) is 0. The Kier molecular flexibility index (Phi) is 3.01. The van der Waals surface area contributed by atoms with E-state index in [9.17, 15) is 0 Å². The van der Waals surface area contributed by atoms with Crippen LogP contribution in [-0.4, -0.2) is 13.3 Å². The van der Waals surface area contributed by atoms with Crippen LogP contribution in [0.2, 0.25) is 0 Å². The Morgan fingerprint density at radius 3 is 2.40 bits per heavy atom. The maximum absolute atomic E-state index is 3.61. The van der Waals surface area contributed by atoms with Gasteiger partial charge in [-0.2, -0.15) is 0 Å². The van der Waals surface area contributed by atoms with Crippen LogP contribution < -0.4 is 0 Å². The van der Waals surface area contributed by atoms with Gasteiger partial charge in [0.25, 0.3) is 0 Å². The topological polar surface area (TPSA) is 12.4 Å². The van der Waals surface area contributed by atoms with E-state index in [1.807, 2.05) is 0 Å². The van der Waals surface area contributed by atoms with Crippen LogP contribution in [0.1, 0.15) is 0 Å². The fourth-order valence-electron chi connectivity index (χ4n) is 0.105. The monoisotopic (exact) mass is 69.1 g/mol. The van der Waals surface area contributed by atoms with Gasteiger partial charge < -0.3 is 0 Å². The van der Waals surface area contributed by atoms with E-state index in [-0.39, 0.29) is 0 Å². The van der Waals surface area contributed by atoms with Gasteiger partial charge in [0.05, 0.1) is 0 Å². The predicted molar refractivity (Wildman–Crippen MR) is 24.6 cm³/mol. The van der Waals surface area contributed by atoms with E-state index in [4.69, 9.17) is 0 Å². The number of aliphatic imine (C=N–C) groups is 1. The van der Waals surface area contributed by atoms with Crippen molar-refractivity contribution < 1.29 is 0 Å². The maximum atomic E-state index is 3.61. The highest BCUT2D eigenvalue weighted by Gasteiger charge is 1.41. The Morgan fingerprint density at radius 1 is 1.80 bits per heavy atom. The lowest BCUT2D eigenvalue weighted by atomic mass is 10.7. The molecule has 0 aliphatic heterocycles. The summed E-state index contributed by atoms with van der Waals surface area (Å²) >= 11 is 0. The highest BCUT2D eigenvalue weighted by atomic mass is 14.6. The van der Waals surface area contributed by atoms with Crippen molar-refractivity contribution >= 4 is 6.21 Å². The average molecular weight is 69.1 g/mol. The summed E-state index contributed by atoms with van der Waals surface area (Å²) < 4.78 is 0. The smallest absolute Gasteiger partial charge is 0.0277 e. The summed E-state index contributed by atoms with van der Waals surface area (Å²) in [5.41, 5.74) is 0. The third-order valence-corrected chi connectivity index (χ3v) is 0.254. The van der Waals surface area contributed by atoms with E-state index < -0.39 is 0 Å². The van der Waals surface area contributed by atoms with Crippen LogP contribution in [0.5, 0.6) is 0 Å². The Morgan fingerprint density at radius 2 is 2.40 bits per heavy atom. The standard InChI is InChI=1S/C4H7N/c1-3-4-5-2/h3-4H,1H2,2H3/b5-4+. The summed E-state index contributed by atoms with van der Waals surface area (Å²) in [7, 11) is 1.71. The molecule has 0 aromatic carbocycles. The molecule has 1 heteroatoms. The molecule has 0 aromatic heterocycles. The zero-order chi connectivity index (χ0) is 4.12. The minimum atomic E-state index is 1.64. The minimum Gasteiger partial charge on any atom is -0.297 e. The van der Waals surface area contributed by atoms with Crippen molar-refractivity contribution in [3.8, 4) is 0 Å².